The Hall–Kier alpha value is -3.22. The summed E-state index contributed by atoms with van der Waals surface area (Å²) >= 11 is 0. The van der Waals surface area contributed by atoms with E-state index in [1.807, 2.05) is 0 Å². The van der Waals surface area contributed by atoms with E-state index in [2.05, 4.69) is 5.32 Å². The van der Waals surface area contributed by atoms with Crippen LogP contribution in [0.1, 0.15) is 23.2 Å². The topological polar surface area (TPSA) is 94.1 Å². The second kappa shape index (κ2) is 8.24. The number of benzene rings is 2. The van der Waals surface area contributed by atoms with Gasteiger partial charge in [0.2, 0.25) is 0 Å². The molecule has 2 aromatic carbocycles. The molecule has 7 nitrogen and oxygen atoms in total. The highest BCUT2D eigenvalue weighted by Gasteiger charge is 2.20. The van der Waals surface area contributed by atoms with Crippen LogP contribution in [0, 0.1) is 0 Å². The molecule has 0 aromatic heterocycles. The zero-order valence-corrected chi connectivity index (χ0v) is 14.1. The average Bonchev–Trinajstić information content (AvgIpc) is 2.66. The van der Waals surface area contributed by atoms with Crippen LogP contribution in [0.2, 0.25) is 0 Å². The summed E-state index contributed by atoms with van der Waals surface area (Å²) in [7, 11) is 0. The van der Waals surface area contributed by atoms with E-state index in [1.165, 1.54) is 0 Å². The lowest BCUT2D eigenvalue weighted by atomic mass is 10.1. The SMILES string of the molecule is O=C(O)CCCOc1ccc(NC(=O)c2cccc3c2OCCO3)cc1. The third kappa shape index (κ3) is 4.44. The molecule has 0 aliphatic carbocycles. The highest BCUT2D eigenvalue weighted by molar-refractivity contribution is 6.06. The number of aliphatic carboxylic acids is 1. The number of hydrogen-bond donors (Lipinski definition) is 2. The first kappa shape index (κ1) is 17.6. The van der Waals surface area contributed by atoms with Gasteiger partial charge in [-0.2, -0.15) is 0 Å². The fourth-order valence-corrected chi connectivity index (χ4v) is 2.50. The Morgan fingerprint density at radius 1 is 1.08 bits per heavy atom. The number of amides is 1. The molecule has 1 heterocycles. The molecule has 0 atom stereocenters. The number of carbonyl (C=O) groups is 2. The molecule has 0 bridgehead atoms. The normalized spacial score (nSPS) is 12.3. The smallest absolute Gasteiger partial charge is 0.303 e. The molecule has 0 saturated heterocycles. The van der Waals surface area contributed by atoms with Crippen LogP contribution in [0.5, 0.6) is 17.2 Å². The molecule has 0 saturated carbocycles. The summed E-state index contributed by atoms with van der Waals surface area (Å²) in [6.45, 7) is 1.20. The van der Waals surface area contributed by atoms with Gasteiger partial charge in [-0.15, -0.1) is 0 Å². The first-order chi connectivity index (χ1) is 12.6. The summed E-state index contributed by atoms with van der Waals surface area (Å²) in [5.41, 5.74) is 1.03. The van der Waals surface area contributed by atoms with E-state index < -0.39 is 5.97 Å². The third-order valence-corrected chi connectivity index (χ3v) is 3.73. The van der Waals surface area contributed by atoms with Gasteiger partial charge < -0.3 is 24.6 Å². The Bertz CT molecular complexity index is 787. The number of hydrogen-bond acceptors (Lipinski definition) is 5. The molecular weight excluding hydrogens is 338 g/mol. The Kier molecular flexibility index (Phi) is 5.58. The van der Waals surface area contributed by atoms with Crippen molar-refractivity contribution < 1.29 is 28.9 Å². The van der Waals surface area contributed by atoms with Crippen molar-refractivity contribution in [1.29, 1.82) is 0 Å². The first-order valence-corrected chi connectivity index (χ1v) is 8.28. The van der Waals surface area contributed by atoms with Crippen LogP contribution < -0.4 is 19.5 Å². The maximum Gasteiger partial charge on any atom is 0.303 e. The summed E-state index contributed by atoms with van der Waals surface area (Å²) < 4.78 is 16.5. The molecule has 136 valence electrons. The van der Waals surface area contributed by atoms with Gasteiger partial charge in [0.25, 0.3) is 5.91 Å². The van der Waals surface area contributed by atoms with Crippen LogP contribution in [-0.4, -0.2) is 36.8 Å². The molecule has 0 radical (unpaired) electrons. The summed E-state index contributed by atoms with van der Waals surface area (Å²) in [5.74, 6) is 0.498. The van der Waals surface area contributed by atoms with Gasteiger partial charge in [0.1, 0.15) is 19.0 Å². The van der Waals surface area contributed by atoms with Crippen LogP contribution in [0.4, 0.5) is 5.69 Å². The van der Waals surface area contributed by atoms with E-state index in [0.717, 1.165) is 0 Å². The van der Waals surface area contributed by atoms with E-state index in [9.17, 15) is 9.59 Å². The molecule has 1 amide bonds. The van der Waals surface area contributed by atoms with Crippen LogP contribution in [0.15, 0.2) is 42.5 Å². The monoisotopic (exact) mass is 357 g/mol. The van der Waals surface area contributed by atoms with Crippen molar-refractivity contribution >= 4 is 17.6 Å². The quantitative estimate of drug-likeness (QED) is 0.740. The number of nitrogens with one attached hydrogen (secondary N) is 1. The number of carbonyl (C=O) groups excluding carboxylic acids is 1. The number of para-hydroxylation sites is 1. The van der Waals surface area contributed by atoms with Gasteiger partial charge in [-0.3, -0.25) is 9.59 Å². The Morgan fingerprint density at radius 3 is 2.62 bits per heavy atom. The molecule has 1 aliphatic rings. The van der Waals surface area contributed by atoms with Gasteiger partial charge in [0, 0.05) is 12.1 Å². The zero-order chi connectivity index (χ0) is 18.4. The van der Waals surface area contributed by atoms with Gasteiger partial charge in [-0.1, -0.05) is 6.07 Å². The standard InChI is InChI=1S/C19H19NO6/c21-17(22)5-2-10-24-14-8-6-13(7-9-14)20-19(23)15-3-1-4-16-18(15)26-12-11-25-16/h1,3-4,6-9H,2,5,10-12H2,(H,20,23)(H,21,22). The lowest BCUT2D eigenvalue weighted by Gasteiger charge is -2.20. The average molecular weight is 357 g/mol. The second-order valence-corrected chi connectivity index (χ2v) is 5.65. The maximum absolute atomic E-state index is 12.5. The van der Waals surface area contributed by atoms with E-state index in [0.29, 0.717) is 54.7 Å². The van der Waals surface area contributed by atoms with E-state index in [1.54, 1.807) is 42.5 Å². The van der Waals surface area contributed by atoms with Gasteiger partial charge in [-0.05, 0) is 42.8 Å². The lowest BCUT2D eigenvalue weighted by Crippen LogP contribution is -2.20. The lowest BCUT2D eigenvalue weighted by molar-refractivity contribution is -0.137. The van der Waals surface area contributed by atoms with Crippen molar-refractivity contribution in [3.8, 4) is 17.2 Å². The minimum atomic E-state index is -0.843. The minimum Gasteiger partial charge on any atom is -0.494 e. The number of anilines is 1. The molecule has 0 unspecified atom stereocenters. The van der Waals surface area contributed by atoms with Crippen molar-refractivity contribution in [3.05, 3.63) is 48.0 Å². The minimum absolute atomic E-state index is 0.0708. The largest absolute Gasteiger partial charge is 0.494 e. The number of ether oxygens (including phenoxy) is 3. The number of fused-ring (bicyclic) bond motifs is 1. The molecule has 7 heteroatoms. The Labute approximate surface area is 150 Å². The number of carboxylic acid groups (broad SMARTS) is 1. The summed E-state index contributed by atoms with van der Waals surface area (Å²) in [6, 6.07) is 12.1. The van der Waals surface area contributed by atoms with Crippen molar-refractivity contribution in [3.63, 3.8) is 0 Å². The molecule has 26 heavy (non-hydrogen) atoms. The molecule has 1 aliphatic heterocycles. The predicted molar refractivity (Wildman–Crippen MR) is 94.2 cm³/mol. The maximum atomic E-state index is 12.5. The van der Waals surface area contributed by atoms with Gasteiger partial charge in [-0.25, -0.2) is 0 Å². The predicted octanol–water partition coefficient (Wildman–Crippen LogP) is 2.95. The molecular formula is C19H19NO6. The van der Waals surface area contributed by atoms with Crippen molar-refractivity contribution in [2.75, 3.05) is 25.1 Å². The molecule has 2 N–H and O–H groups in total. The number of carboxylic acids is 1. The Balaban J connectivity index is 1.59. The third-order valence-electron chi connectivity index (χ3n) is 3.73. The summed E-state index contributed by atoms with van der Waals surface area (Å²) in [4.78, 5) is 23.0. The Morgan fingerprint density at radius 2 is 1.85 bits per heavy atom. The van der Waals surface area contributed by atoms with Gasteiger partial charge in [0.05, 0.1) is 12.2 Å². The van der Waals surface area contributed by atoms with E-state index >= 15 is 0 Å². The van der Waals surface area contributed by atoms with Crippen LogP contribution >= 0.6 is 0 Å². The highest BCUT2D eigenvalue weighted by Crippen LogP contribution is 2.34. The molecule has 2 aromatic rings. The van der Waals surface area contributed by atoms with Gasteiger partial charge >= 0.3 is 5.97 Å². The second-order valence-electron chi connectivity index (χ2n) is 5.65. The highest BCUT2D eigenvalue weighted by atomic mass is 16.6. The van der Waals surface area contributed by atoms with Crippen molar-refractivity contribution in [2.24, 2.45) is 0 Å². The fourth-order valence-electron chi connectivity index (χ4n) is 2.50. The first-order valence-electron chi connectivity index (χ1n) is 8.28. The van der Waals surface area contributed by atoms with Crippen molar-refractivity contribution in [2.45, 2.75) is 12.8 Å². The zero-order valence-electron chi connectivity index (χ0n) is 14.1. The summed E-state index contributed by atoms with van der Waals surface area (Å²) in [6.07, 6.45) is 0.510. The van der Waals surface area contributed by atoms with Crippen LogP contribution in [-0.2, 0) is 4.79 Å². The van der Waals surface area contributed by atoms with Crippen LogP contribution in [0.25, 0.3) is 0 Å². The summed E-state index contributed by atoms with van der Waals surface area (Å²) in [5, 5.41) is 11.4. The van der Waals surface area contributed by atoms with Gasteiger partial charge in [0.15, 0.2) is 11.5 Å². The van der Waals surface area contributed by atoms with Crippen molar-refractivity contribution in [1.82, 2.24) is 0 Å². The van der Waals surface area contributed by atoms with E-state index in [4.69, 9.17) is 19.3 Å². The van der Waals surface area contributed by atoms with Crippen LogP contribution in [0.3, 0.4) is 0 Å². The molecule has 0 spiro atoms. The fraction of sp³-hybridized carbons (Fsp3) is 0.263. The number of rotatable bonds is 7. The van der Waals surface area contributed by atoms with E-state index in [-0.39, 0.29) is 12.3 Å². The molecule has 0 fully saturated rings. The molecule has 3 rings (SSSR count).